The molecule has 0 saturated carbocycles. The summed E-state index contributed by atoms with van der Waals surface area (Å²) < 4.78 is 24.7. The van der Waals surface area contributed by atoms with Gasteiger partial charge in [0, 0.05) is 25.7 Å². The van der Waals surface area contributed by atoms with E-state index in [1.54, 1.807) is 0 Å². The molecule has 2 aromatic carbocycles. The maximum absolute atomic E-state index is 12.1. The first kappa shape index (κ1) is 25.7. The Bertz CT molecular complexity index is 1110. The number of thiol groups is 1. The second-order valence-corrected chi connectivity index (χ2v) is 9.60. The highest BCUT2D eigenvalue weighted by atomic mass is 32.2. The van der Waals surface area contributed by atoms with E-state index in [4.69, 9.17) is 6.42 Å². The van der Waals surface area contributed by atoms with Crippen LogP contribution in [0.15, 0.2) is 42.5 Å². The number of hydrogen-bond donors (Lipinski definition) is 3. The zero-order valence-electron chi connectivity index (χ0n) is 19.4. The Balaban J connectivity index is 1.49. The summed E-state index contributed by atoms with van der Waals surface area (Å²) in [7, 11) is -2.87. The molecule has 9 heteroatoms. The van der Waals surface area contributed by atoms with Crippen LogP contribution in [0.25, 0.3) is 10.8 Å². The summed E-state index contributed by atoms with van der Waals surface area (Å²) in [5.41, 5.74) is 1.30. The third-order valence-corrected chi connectivity index (χ3v) is 7.13. The van der Waals surface area contributed by atoms with Gasteiger partial charge in [-0.15, -0.1) is 6.42 Å². The fraction of sp³-hybridized carbons (Fsp3) is 0.440. The molecule has 34 heavy (non-hydrogen) atoms. The molecule has 1 unspecified atom stereocenters. The van der Waals surface area contributed by atoms with Crippen molar-refractivity contribution in [2.45, 2.75) is 25.8 Å². The fourth-order valence-electron chi connectivity index (χ4n) is 4.47. The van der Waals surface area contributed by atoms with Crippen LogP contribution >= 0.6 is 0 Å². The molecule has 182 valence electrons. The lowest BCUT2D eigenvalue weighted by Crippen LogP contribution is -2.43. The maximum atomic E-state index is 12.1. The van der Waals surface area contributed by atoms with Crippen LogP contribution in [0.1, 0.15) is 31.4 Å². The van der Waals surface area contributed by atoms with Crippen LogP contribution in [0.3, 0.4) is 0 Å². The molecule has 2 amide bonds. The summed E-state index contributed by atoms with van der Waals surface area (Å²) in [6.07, 6.45) is 6.69. The Morgan fingerprint density at radius 1 is 1.12 bits per heavy atom. The standard InChI is InChI=1S/C25H32N4O4S/c1-3-24(30)26-13-14-27-25(31)18-29(34(32)33)17-20-11-15-28(16-12-20)19(2)22-10-6-8-21-7-4-5-9-23(21)22/h1,4-10,19-20,34H,11-18H2,2H3,(H,26,30)(H,27,31). The van der Waals surface area contributed by atoms with Gasteiger partial charge in [-0.1, -0.05) is 42.5 Å². The van der Waals surface area contributed by atoms with Gasteiger partial charge in [-0.05, 0) is 61.0 Å². The third kappa shape index (κ3) is 7.03. The maximum Gasteiger partial charge on any atom is 0.295 e. The summed E-state index contributed by atoms with van der Waals surface area (Å²) in [5, 5.41) is 7.53. The first-order valence-electron chi connectivity index (χ1n) is 11.5. The first-order chi connectivity index (χ1) is 16.4. The number of likely N-dealkylation sites (tertiary alicyclic amines) is 1. The molecule has 0 radical (unpaired) electrons. The van der Waals surface area contributed by atoms with Crippen LogP contribution in [0, 0.1) is 18.3 Å². The number of amides is 2. The molecule has 8 nitrogen and oxygen atoms in total. The Morgan fingerprint density at radius 3 is 2.50 bits per heavy atom. The zero-order valence-corrected chi connectivity index (χ0v) is 20.3. The first-order valence-corrected chi connectivity index (χ1v) is 12.6. The van der Waals surface area contributed by atoms with Gasteiger partial charge in [0.05, 0.1) is 6.54 Å². The number of piperidine rings is 1. The summed E-state index contributed by atoms with van der Waals surface area (Å²) in [6.45, 7) is 4.44. The number of hydrogen-bond acceptors (Lipinski definition) is 5. The van der Waals surface area contributed by atoms with Crippen molar-refractivity contribution < 1.29 is 18.0 Å². The molecule has 1 aliphatic heterocycles. The molecule has 1 heterocycles. The van der Waals surface area contributed by atoms with Gasteiger partial charge in [0.25, 0.3) is 5.91 Å². The van der Waals surface area contributed by atoms with Crippen molar-refractivity contribution in [3.05, 3.63) is 48.0 Å². The van der Waals surface area contributed by atoms with E-state index >= 15 is 0 Å². The summed E-state index contributed by atoms with van der Waals surface area (Å²) in [6, 6.07) is 15.1. The molecular formula is C25H32N4O4S. The second kappa shape index (κ2) is 12.5. The van der Waals surface area contributed by atoms with Crippen molar-refractivity contribution in [2.24, 2.45) is 5.92 Å². The SMILES string of the molecule is C#CC(=O)NCCNC(=O)CN(CC1CCN(C(C)c2cccc3ccccc23)CC1)[SH](=O)=O. The van der Waals surface area contributed by atoms with E-state index in [-0.39, 0.29) is 31.6 Å². The van der Waals surface area contributed by atoms with Crippen LogP contribution in [0.5, 0.6) is 0 Å². The highest BCUT2D eigenvalue weighted by Crippen LogP contribution is 2.31. The van der Waals surface area contributed by atoms with Crippen molar-refractivity contribution in [2.75, 3.05) is 39.3 Å². The van der Waals surface area contributed by atoms with Crippen molar-refractivity contribution >= 4 is 33.5 Å². The normalized spacial score (nSPS) is 15.8. The second-order valence-electron chi connectivity index (χ2n) is 8.56. The topological polar surface area (TPSA) is 98.8 Å². The van der Waals surface area contributed by atoms with Gasteiger partial charge in [-0.25, -0.2) is 8.42 Å². The van der Waals surface area contributed by atoms with Crippen LogP contribution in [0.2, 0.25) is 0 Å². The van der Waals surface area contributed by atoms with E-state index in [2.05, 4.69) is 58.9 Å². The fourth-order valence-corrected chi connectivity index (χ4v) is 5.08. The average Bonchev–Trinajstić information content (AvgIpc) is 2.85. The number of carbonyl (C=O) groups is 2. The lowest BCUT2D eigenvalue weighted by atomic mass is 9.93. The quantitative estimate of drug-likeness (QED) is 0.268. The molecule has 1 saturated heterocycles. The van der Waals surface area contributed by atoms with Gasteiger partial charge in [-0.2, -0.15) is 4.31 Å². The number of nitrogens with zero attached hydrogens (tertiary/aromatic N) is 2. The van der Waals surface area contributed by atoms with Crippen LogP contribution in [-0.2, 0) is 20.5 Å². The number of nitrogens with one attached hydrogen (secondary N) is 2. The minimum absolute atomic E-state index is 0.181. The summed E-state index contributed by atoms with van der Waals surface area (Å²) >= 11 is 0. The predicted molar refractivity (Wildman–Crippen MR) is 133 cm³/mol. The predicted octanol–water partition coefficient (Wildman–Crippen LogP) is 1.31. The highest BCUT2D eigenvalue weighted by molar-refractivity contribution is 7.69. The lowest BCUT2D eigenvalue weighted by Gasteiger charge is -2.37. The van der Waals surface area contributed by atoms with Crippen molar-refractivity contribution in [1.29, 1.82) is 0 Å². The Morgan fingerprint density at radius 2 is 1.79 bits per heavy atom. The van der Waals surface area contributed by atoms with Crippen LogP contribution in [0.4, 0.5) is 0 Å². The van der Waals surface area contributed by atoms with Gasteiger partial charge in [0.1, 0.15) is 0 Å². The average molecular weight is 485 g/mol. The van der Waals surface area contributed by atoms with Gasteiger partial charge >= 0.3 is 0 Å². The Hall–Kier alpha value is -2.93. The van der Waals surface area contributed by atoms with Gasteiger partial charge < -0.3 is 10.6 Å². The lowest BCUT2D eigenvalue weighted by molar-refractivity contribution is -0.121. The highest BCUT2D eigenvalue weighted by Gasteiger charge is 2.27. The van der Waals surface area contributed by atoms with E-state index in [1.165, 1.54) is 20.6 Å². The monoisotopic (exact) mass is 484 g/mol. The van der Waals surface area contributed by atoms with Crippen molar-refractivity contribution in [3.63, 3.8) is 0 Å². The van der Waals surface area contributed by atoms with Crippen LogP contribution < -0.4 is 10.6 Å². The number of rotatable bonds is 10. The number of fused-ring (bicyclic) bond motifs is 1. The van der Waals surface area contributed by atoms with E-state index in [1.807, 2.05) is 12.0 Å². The van der Waals surface area contributed by atoms with E-state index in [0.29, 0.717) is 6.54 Å². The molecular weight excluding hydrogens is 452 g/mol. The zero-order chi connectivity index (χ0) is 24.5. The van der Waals surface area contributed by atoms with Crippen LogP contribution in [-0.4, -0.2) is 68.7 Å². The van der Waals surface area contributed by atoms with Gasteiger partial charge in [0.2, 0.25) is 16.8 Å². The Labute approximate surface area is 202 Å². The molecule has 1 aliphatic rings. The Kier molecular flexibility index (Phi) is 9.45. The molecule has 0 bridgehead atoms. The molecule has 0 spiro atoms. The molecule has 2 aromatic rings. The molecule has 0 aromatic heterocycles. The van der Waals surface area contributed by atoms with Gasteiger partial charge in [-0.3, -0.25) is 14.5 Å². The van der Waals surface area contributed by atoms with E-state index in [0.717, 1.165) is 25.9 Å². The van der Waals surface area contributed by atoms with Crippen molar-refractivity contribution in [1.82, 2.24) is 19.8 Å². The minimum Gasteiger partial charge on any atom is -0.353 e. The van der Waals surface area contributed by atoms with E-state index < -0.39 is 22.7 Å². The molecule has 1 atom stereocenters. The largest absolute Gasteiger partial charge is 0.353 e. The molecule has 1 fully saturated rings. The molecule has 3 rings (SSSR count). The summed E-state index contributed by atoms with van der Waals surface area (Å²) in [5.74, 6) is 1.16. The molecule has 0 aliphatic carbocycles. The van der Waals surface area contributed by atoms with Gasteiger partial charge in [0.15, 0.2) is 0 Å². The number of carbonyl (C=O) groups excluding carboxylic acids is 2. The van der Waals surface area contributed by atoms with E-state index in [9.17, 15) is 18.0 Å². The third-order valence-electron chi connectivity index (χ3n) is 6.36. The van der Waals surface area contributed by atoms with Crippen molar-refractivity contribution in [3.8, 4) is 12.3 Å². The summed E-state index contributed by atoms with van der Waals surface area (Å²) in [4.78, 5) is 25.6. The molecule has 2 N–H and O–H groups in total. The number of benzene rings is 2. The number of terminal acetylenes is 1. The smallest absolute Gasteiger partial charge is 0.295 e. The minimum atomic E-state index is -2.87.